The number of hydrogen-bond donors (Lipinski definition) is 1. The van der Waals surface area contributed by atoms with Crippen LogP contribution in [0, 0.1) is 5.92 Å². The van der Waals surface area contributed by atoms with Gasteiger partial charge in [0.05, 0.1) is 0 Å². The van der Waals surface area contributed by atoms with Crippen molar-refractivity contribution < 1.29 is 0 Å². The van der Waals surface area contributed by atoms with E-state index < -0.39 is 0 Å². The van der Waals surface area contributed by atoms with Gasteiger partial charge in [0, 0.05) is 6.04 Å². The quantitative estimate of drug-likeness (QED) is 0.662. The molecule has 0 radical (unpaired) electrons. The van der Waals surface area contributed by atoms with E-state index in [1.165, 1.54) is 32.1 Å². The predicted octanol–water partition coefficient (Wildman–Crippen LogP) is 3.25. The van der Waals surface area contributed by atoms with Crippen LogP contribution in [0.4, 0.5) is 0 Å². The average Bonchev–Trinajstić information content (AvgIpc) is 2.09. The van der Waals surface area contributed by atoms with E-state index in [-0.39, 0.29) is 0 Å². The molecule has 0 aromatic rings. The second-order valence-corrected chi connectivity index (χ2v) is 4.49. The van der Waals surface area contributed by atoms with Gasteiger partial charge in [-0.2, -0.15) is 0 Å². The zero-order chi connectivity index (χ0) is 9.68. The van der Waals surface area contributed by atoms with E-state index in [1.807, 2.05) is 0 Å². The molecule has 1 heteroatoms. The lowest BCUT2D eigenvalue weighted by molar-refractivity contribution is 0.490. The third-order valence-electron chi connectivity index (χ3n) is 2.94. The van der Waals surface area contributed by atoms with Gasteiger partial charge in [-0.15, -0.1) is 0 Å². The topological polar surface area (TPSA) is 26.0 Å². The summed E-state index contributed by atoms with van der Waals surface area (Å²) in [6.07, 6.45) is 9.91. The number of nitrogens with two attached hydrogens (primary N) is 1. The molecule has 13 heavy (non-hydrogen) atoms. The van der Waals surface area contributed by atoms with Gasteiger partial charge in [-0.25, -0.2) is 0 Å². The highest BCUT2D eigenvalue weighted by molar-refractivity contribution is 5.08. The summed E-state index contributed by atoms with van der Waals surface area (Å²) in [5.41, 5.74) is 7.50. The second kappa shape index (κ2) is 5.43. The van der Waals surface area contributed by atoms with E-state index in [2.05, 4.69) is 19.9 Å². The predicted molar refractivity (Wildman–Crippen MR) is 58.6 cm³/mol. The minimum absolute atomic E-state index is 0.435. The Bertz CT molecular complexity index is 172. The van der Waals surface area contributed by atoms with Gasteiger partial charge in [-0.1, -0.05) is 38.3 Å². The van der Waals surface area contributed by atoms with Crippen LogP contribution < -0.4 is 5.73 Å². The molecule has 0 bridgehead atoms. The van der Waals surface area contributed by atoms with Crippen LogP contribution in [-0.4, -0.2) is 6.04 Å². The van der Waals surface area contributed by atoms with Crippen molar-refractivity contribution in [3.05, 3.63) is 11.6 Å². The molecule has 0 saturated carbocycles. The van der Waals surface area contributed by atoms with Gasteiger partial charge < -0.3 is 5.73 Å². The smallest absolute Gasteiger partial charge is 0.00765 e. The fourth-order valence-corrected chi connectivity index (χ4v) is 2.14. The lowest BCUT2D eigenvalue weighted by Crippen LogP contribution is -2.22. The SMILES string of the molecule is CCCC(C)CC1=CCC(N)CC1. The molecule has 1 rings (SSSR count). The summed E-state index contributed by atoms with van der Waals surface area (Å²) in [6, 6.07) is 0.435. The maximum Gasteiger partial charge on any atom is 0.00765 e. The van der Waals surface area contributed by atoms with Crippen molar-refractivity contribution in [3.8, 4) is 0 Å². The molecule has 1 aliphatic carbocycles. The van der Waals surface area contributed by atoms with Crippen molar-refractivity contribution in [2.45, 2.75) is 58.4 Å². The minimum Gasteiger partial charge on any atom is -0.327 e. The van der Waals surface area contributed by atoms with Crippen LogP contribution in [0.2, 0.25) is 0 Å². The van der Waals surface area contributed by atoms with Crippen LogP contribution in [0.15, 0.2) is 11.6 Å². The Morgan fingerprint density at radius 3 is 2.92 bits per heavy atom. The number of hydrogen-bond acceptors (Lipinski definition) is 1. The molecular weight excluding hydrogens is 158 g/mol. The van der Waals surface area contributed by atoms with Crippen molar-refractivity contribution in [1.82, 2.24) is 0 Å². The van der Waals surface area contributed by atoms with E-state index in [1.54, 1.807) is 5.57 Å². The van der Waals surface area contributed by atoms with Gasteiger partial charge in [0.25, 0.3) is 0 Å². The Morgan fingerprint density at radius 1 is 1.62 bits per heavy atom. The second-order valence-electron chi connectivity index (χ2n) is 4.49. The molecule has 0 saturated heterocycles. The fraction of sp³-hybridized carbons (Fsp3) is 0.833. The van der Waals surface area contributed by atoms with E-state index in [4.69, 9.17) is 5.73 Å². The zero-order valence-electron chi connectivity index (χ0n) is 9.05. The molecule has 0 aromatic carbocycles. The highest BCUT2D eigenvalue weighted by Gasteiger charge is 2.12. The molecule has 76 valence electrons. The Balaban J connectivity index is 2.28. The van der Waals surface area contributed by atoms with E-state index in [9.17, 15) is 0 Å². The fourth-order valence-electron chi connectivity index (χ4n) is 2.14. The Hall–Kier alpha value is -0.300. The van der Waals surface area contributed by atoms with Crippen molar-refractivity contribution in [3.63, 3.8) is 0 Å². The summed E-state index contributed by atoms with van der Waals surface area (Å²) in [7, 11) is 0. The van der Waals surface area contributed by atoms with Crippen molar-refractivity contribution in [2.24, 2.45) is 11.7 Å². The highest BCUT2D eigenvalue weighted by Crippen LogP contribution is 2.24. The molecule has 2 atom stereocenters. The summed E-state index contributed by atoms with van der Waals surface area (Å²) in [5, 5.41) is 0. The maximum absolute atomic E-state index is 5.84. The molecule has 1 nitrogen and oxygen atoms in total. The van der Waals surface area contributed by atoms with Crippen molar-refractivity contribution >= 4 is 0 Å². The molecule has 0 heterocycles. The standard InChI is InChI=1S/C12H23N/c1-3-4-10(2)9-11-5-7-12(13)8-6-11/h5,10,12H,3-4,6-9,13H2,1-2H3. The van der Waals surface area contributed by atoms with Gasteiger partial charge >= 0.3 is 0 Å². The lowest BCUT2D eigenvalue weighted by atomic mass is 9.88. The summed E-state index contributed by atoms with van der Waals surface area (Å²) in [4.78, 5) is 0. The van der Waals surface area contributed by atoms with Crippen molar-refractivity contribution in [2.75, 3.05) is 0 Å². The molecule has 0 spiro atoms. The van der Waals surface area contributed by atoms with Crippen LogP contribution in [0.3, 0.4) is 0 Å². The van der Waals surface area contributed by atoms with Gasteiger partial charge in [-0.05, 0) is 31.6 Å². The average molecular weight is 181 g/mol. The first-order chi connectivity index (χ1) is 6.22. The Kier molecular flexibility index (Phi) is 4.51. The molecule has 0 fully saturated rings. The third kappa shape index (κ3) is 3.95. The monoisotopic (exact) mass is 181 g/mol. The van der Waals surface area contributed by atoms with Crippen molar-refractivity contribution in [1.29, 1.82) is 0 Å². The molecular formula is C12H23N. The highest BCUT2D eigenvalue weighted by atomic mass is 14.6. The molecule has 0 aliphatic heterocycles. The van der Waals surface area contributed by atoms with Crippen LogP contribution >= 0.6 is 0 Å². The van der Waals surface area contributed by atoms with Crippen LogP contribution in [0.1, 0.15) is 52.4 Å². The van der Waals surface area contributed by atoms with E-state index in [0.717, 1.165) is 12.3 Å². The molecule has 0 aromatic heterocycles. The first-order valence-corrected chi connectivity index (χ1v) is 5.65. The largest absolute Gasteiger partial charge is 0.327 e. The number of rotatable bonds is 4. The van der Waals surface area contributed by atoms with Gasteiger partial charge in [-0.3, -0.25) is 0 Å². The Labute approximate surface area is 82.4 Å². The molecule has 1 aliphatic rings. The first-order valence-electron chi connectivity index (χ1n) is 5.65. The van der Waals surface area contributed by atoms with Gasteiger partial charge in [0.2, 0.25) is 0 Å². The Morgan fingerprint density at radius 2 is 2.38 bits per heavy atom. The van der Waals surface area contributed by atoms with Gasteiger partial charge in [0.15, 0.2) is 0 Å². The zero-order valence-corrected chi connectivity index (χ0v) is 9.05. The first kappa shape index (κ1) is 10.8. The minimum atomic E-state index is 0.435. The summed E-state index contributed by atoms with van der Waals surface area (Å²) < 4.78 is 0. The molecule has 2 N–H and O–H groups in total. The summed E-state index contributed by atoms with van der Waals surface area (Å²) in [6.45, 7) is 4.63. The third-order valence-corrected chi connectivity index (χ3v) is 2.94. The van der Waals surface area contributed by atoms with Crippen LogP contribution in [0.25, 0.3) is 0 Å². The summed E-state index contributed by atoms with van der Waals surface area (Å²) in [5.74, 6) is 0.866. The lowest BCUT2D eigenvalue weighted by Gasteiger charge is -2.20. The van der Waals surface area contributed by atoms with Gasteiger partial charge in [0.1, 0.15) is 0 Å². The van der Waals surface area contributed by atoms with Crippen LogP contribution in [-0.2, 0) is 0 Å². The van der Waals surface area contributed by atoms with Crippen LogP contribution in [0.5, 0.6) is 0 Å². The van der Waals surface area contributed by atoms with E-state index >= 15 is 0 Å². The van der Waals surface area contributed by atoms with E-state index in [0.29, 0.717) is 6.04 Å². The molecule has 0 amide bonds. The maximum atomic E-state index is 5.84. The molecule has 2 unspecified atom stereocenters. The normalized spacial score (nSPS) is 25.5. The summed E-state index contributed by atoms with van der Waals surface area (Å²) >= 11 is 0. The number of allylic oxidation sites excluding steroid dienone is 1.